The molecule has 3 saturated carbocycles. The molecule has 0 unspecified atom stereocenters. The van der Waals surface area contributed by atoms with Crippen LogP contribution in [0.3, 0.4) is 0 Å². The quantitative estimate of drug-likeness (QED) is 0.0403. The lowest BCUT2D eigenvalue weighted by Gasteiger charge is -2.26. The average molecular weight is 1460 g/mol. The molecule has 4 aromatic carbocycles. The highest BCUT2D eigenvalue weighted by atomic mass is 32.1. The van der Waals surface area contributed by atoms with Crippen molar-refractivity contribution in [1.82, 2.24) is 85.7 Å². The van der Waals surface area contributed by atoms with E-state index in [0.717, 1.165) is 162 Å². The summed E-state index contributed by atoms with van der Waals surface area (Å²) in [6, 6.07) is 33.7. The van der Waals surface area contributed by atoms with Crippen molar-refractivity contribution in [2.24, 2.45) is 5.92 Å². The summed E-state index contributed by atoms with van der Waals surface area (Å²) < 4.78 is 4.28. The molecule has 0 radical (unpaired) electrons. The minimum Gasteiger partial charge on any atom is -0.354 e. The van der Waals surface area contributed by atoms with E-state index in [2.05, 4.69) is 156 Å². The van der Waals surface area contributed by atoms with Crippen LogP contribution in [0, 0.1) is 5.92 Å². The molecule has 528 valence electrons. The fraction of sp³-hybridized carbons (Fsp3) is 0.307. The number of thiophene rings is 4. The molecule has 0 bridgehead atoms. The number of aromatic amines is 4. The van der Waals surface area contributed by atoms with Gasteiger partial charge in [-0.15, -0.1) is 45.3 Å². The molecule has 12 aromatic heterocycles. The van der Waals surface area contributed by atoms with Gasteiger partial charge in [0.1, 0.15) is 0 Å². The molecule has 1 saturated heterocycles. The van der Waals surface area contributed by atoms with Crippen molar-refractivity contribution < 1.29 is 0 Å². The number of H-pyrrole nitrogens is 4. The Balaban J connectivity index is 0.000000103. The van der Waals surface area contributed by atoms with Gasteiger partial charge in [-0.05, 0) is 176 Å². The van der Waals surface area contributed by atoms with E-state index in [9.17, 15) is 0 Å². The molecule has 104 heavy (non-hydrogen) atoms. The third kappa shape index (κ3) is 15.8. The summed E-state index contributed by atoms with van der Waals surface area (Å²) in [5.41, 5.74) is 15.3. The average Bonchev–Trinajstić information content (AvgIpc) is 1.67. The normalized spacial score (nSPS) is 15.4. The zero-order chi connectivity index (χ0) is 69.4. The van der Waals surface area contributed by atoms with Gasteiger partial charge in [-0.2, -0.15) is 40.3 Å². The summed E-state index contributed by atoms with van der Waals surface area (Å²) in [4.78, 5) is 37.8. The molecule has 4 aliphatic rings. The van der Waals surface area contributed by atoms with Gasteiger partial charge >= 0.3 is 0 Å². The van der Waals surface area contributed by atoms with E-state index in [1.807, 2.05) is 85.5 Å². The van der Waals surface area contributed by atoms with E-state index in [4.69, 9.17) is 29.9 Å². The lowest BCUT2D eigenvalue weighted by molar-refractivity contribution is 0.271. The molecule has 12 N–H and O–H groups in total. The third-order valence-corrected chi connectivity index (χ3v) is 23.2. The molecule has 3 aliphatic carbocycles. The van der Waals surface area contributed by atoms with Crippen LogP contribution in [0.4, 0.5) is 69.8 Å². The number of rotatable bonds is 17. The number of nitrogens with zero attached hydrogens (tertiary/aromatic N) is 13. The number of piperidine rings is 1. The van der Waals surface area contributed by atoms with E-state index in [1.165, 1.54) is 109 Å². The fourth-order valence-electron chi connectivity index (χ4n) is 14.1. The summed E-state index contributed by atoms with van der Waals surface area (Å²) in [7, 11) is 0. The number of hydrogen-bond acceptors (Lipinski definition) is 25. The second kappa shape index (κ2) is 31.1. The van der Waals surface area contributed by atoms with Gasteiger partial charge in [-0.3, -0.25) is 25.8 Å². The molecule has 16 aromatic rings. The molecule has 4 fully saturated rings. The van der Waals surface area contributed by atoms with Crippen LogP contribution in [0.2, 0.25) is 0 Å². The van der Waals surface area contributed by atoms with Crippen molar-refractivity contribution in [2.75, 3.05) is 62.3 Å². The van der Waals surface area contributed by atoms with E-state index >= 15 is 0 Å². The van der Waals surface area contributed by atoms with Crippen LogP contribution in [-0.2, 0) is 0 Å². The van der Waals surface area contributed by atoms with Crippen molar-refractivity contribution in [1.29, 1.82) is 0 Å². The Morgan fingerprint density at radius 3 is 1.07 bits per heavy atom. The number of fused-ring (bicyclic) bond motifs is 8. The maximum Gasteiger partial charge on any atom is 0.240 e. The monoisotopic (exact) mass is 1460 g/mol. The van der Waals surface area contributed by atoms with Gasteiger partial charge in [0.05, 0.1) is 87.7 Å². The number of hydrogen-bond donors (Lipinski definition) is 12. The fourth-order valence-corrected chi connectivity index (χ4v) is 17.2. The van der Waals surface area contributed by atoms with Crippen LogP contribution in [0.1, 0.15) is 109 Å². The second-order valence-corrected chi connectivity index (χ2v) is 30.6. The topological polar surface area (TPSA) is 317 Å². The summed E-state index contributed by atoms with van der Waals surface area (Å²) in [5.74, 6) is 6.90. The minimum absolute atomic E-state index is 0.481. The van der Waals surface area contributed by atoms with Crippen LogP contribution < -0.4 is 42.6 Å². The van der Waals surface area contributed by atoms with Crippen molar-refractivity contribution >= 4 is 200 Å². The first-order chi connectivity index (χ1) is 51.4. The smallest absolute Gasteiger partial charge is 0.240 e. The lowest BCUT2D eigenvalue weighted by Crippen LogP contribution is -2.35. The molecule has 29 heteroatoms. The molecule has 20 rings (SSSR count). The number of aromatic nitrogens is 16. The van der Waals surface area contributed by atoms with Crippen LogP contribution in [0.25, 0.3) is 84.5 Å². The predicted octanol–water partition coefficient (Wildman–Crippen LogP) is 19.1. The molecule has 0 spiro atoms. The number of nitrogens with one attached hydrogen (secondary N) is 12. The first-order valence-electron chi connectivity index (χ1n) is 36.0. The largest absolute Gasteiger partial charge is 0.354 e. The summed E-state index contributed by atoms with van der Waals surface area (Å²) in [6.07, 6.45) is 29.0. The first kappa shape index (κ1) is 66.5. The number of benzene rings is 4. The van der Waals surface area contributed by atoms with Gasteiger partial charge in [-0.25, -0.2) is 24.9 Å². The molecule has 25 nitrogen and oxygen atoms in total. The highest BCUT2D eigenvalue weighted by Gasteiger charge is 2.22. The van der Waals surface area contributed by atoms with Crippen molar-refractivity contribution in [3.05, 3.63) is 143 Å². The number of anilines is 12. The molecule has 13 heterocycles. The van der Waals surface area contributed by atoms with Gasteiger partial charge in [-0.1, -0.05) is 57.8 Å². The van der Waals surface area contributed by atoms with Gasteiger partial charge < -0.3 is 37.2 Å². The summed E-state index contributed by atoms with van der Waals surface area (Å²) >= 11 is 6.62. The van der Waals surface area contributed by atoms with Gasteiger partial charge in [0, 0.05) is 76.0 Å². The van der Waals surface area contributed by atoms with Crippen molar-refractivity contribution in [2.45, 2.75) is 121 Å². The predicted molar refractivity (Wildman–Crippen MR) is 428 cm³/mol. The third-order valence-electron chi connectivity index (χ3n) is 19.5. The SMILES string of the molecule is c1cc2nc(NC3CCCC3)nc(Nc3ccc4[nH]ncc4c3)c2s1.c1cc2nc(NC3CCCCC3)nc(Nc3ccc4[nH]ncc4c3)c2s1.c1cc2nc(NCC3CCCCC3)nc(Nc3ccc4[nH]ncc4c3)c2s1.c1cc2nc(NN3CCCCC3)nc(Nc3ccc4[nH]ncc4c3)c2s1. The zero-order valence-electron chi connectivity index (χ0n) is 57.2. The van der Waals surface area contributed by atoms with Gasteiger partial charge in [0.2, 0.25) is 23.8 Å². The molecular weight excluding hydrogens is 1380 g/mol. The van der Waals surface area contributed by atoms with E-state index in [-0.39, 0.29) is 0 Å². The van der Waals surface area contributed by atoms with Crippen molar-refractivity contribution in [3.63, 3.8) is 0 Å². The highest BCUT2D eigenvalue weighted by Crippen LogP contribution is 2.37. The van der Waals surface area contributed by atoms with Gasteiger partial charge in [0.15, 0.2) is 23.3 Å². The van der Waals surface area contributed by atoms with Crippen LogP contribution >= 0.6 is 45.3 Å². The standard InChI is InChI=1S/C20H22N6S.C19H20N6S.C18H19N7S.C18H18N6S/c1-2-4-13(5-3-1)11-21-20-24-17-8-9-27-18(17)19(25-20)23-15-6-7-16-14(10-15)12-22-26-16;1-2-4-13(5-3-1)22-19-23-16-8-9-26-17(16)18(24-19)21-14-6-7-15-12(10-14)11-20-25-15;1-2-7-25(8-3-1)24-18-21-15-6-9-26-16(15)17(22-18)20-13-4-5-14-12(10-13)11-19-23-14;1-2-4-12(3-1)21-18-22-15-7-8-25-16(15)17(23-18)20-13-5-6-14-11(9-13)10-19-24-14/h6-10,12-13H,1-5,11H2,(H,22,26)(H2,21,23,24,25);6-11,13H,1-5H2,(H,20,25)(H2,21,22,23,24);4-6,9-11H,1-3,7-8H2,(H,19,23)(H2,20,21,22,24);5-10,12H,1-4H2,(H,19,24)(H2,20,21,22,23). The van der Waals surface area contributed by atoms with Crippen LogP contribution in [0.15, 0.2) is 143 Å². The van der Waals surface area contributed by atoms with Crippen LogP contribution in [0.5, 0.6) is 0 Å². The lowest BCUT2D eigenvalue weighted by atomic mass is 9.89. The highest BCUT2D eigenvalue weighted by molar-refractivity contribution is 7.18. The van der Waals surface area contributed by atoms with Crippen molar-refractivity contribution in [3.8, 4) is 0 Å². The van der Waals surface area contributed by atoms with E-state index < -0.39 is 0 Å². The Morgan fingerprint density at radius 2 is 0.673 bits per heavy atom. The molecule has 1 aliphatic heterocycles. The Kier molecular flexibility index (Phi) is 19.9. The summed E-state index contributed by atoms with van der Waals surface area (Å²) in [6.45, 7) is 3.02. The second-order valence-electron chi connectivity index (χ2n) is 27.0. The minimum atomic E-state index is 0.481. The van der Waals surface area contributed by atoms with Crippen LogP contribution in [-0.4, -0.2) is 117 Å². The van der Waals surface area contributed by atoms with E-state index in [0.29, 0.717) is 29.9 Å². The summed E-state index contributed by atoms with van der Waals surface area (Å²) in [5, 5.41) is 67.3. The Labute approximate surface area is 614 Å². The molecule has 0 atom stereocenters. The first-order valence-corrected chi connectivity index (χ1v) is 39.5. The Bertz CT molecular complexity index is 5380. The number of hydrazine groups is 1. The zero-order valence-corrected chi connectivity index (χ0v) is 60.4. The molecule has 0 amide bonds. The maximum absolute atomic E-state index is 4.78. The Hall–Kier alpha value is -10.7. The van der Waals surface area contributed by atoms with Gasteiger partial charge in [0.25, 0.3) is 0 Å². The Morgan fingerprint density at radius 1 is 0.346 bits per heavy atom. The maximum atomic E-state index is 4.78. The molecular formula is C75H79N25S4. The van der Waals surface area contributed by atoms with E-state index in [1.54, 1.807) is 45.3 Å².